The van der Waals surface area contributed by atoms with E-state index in [1.807, 2.05) is 0 Å². The maximum Gasteiger partial charge on any atom is 0.416 e. The highest BCUT2D eigenvalue weighted by Crippen LogP contribution is 2.29. The molecule has 0 saturated carbocycles. The van der Waals surface area contributed by atoms with Gasteiger partial charge in [0.25, 0.3) is 0 Å². The first-order chi connectivity index (χ1) is 12.5. The summed E-state index contributed by atoms with van der Waals surface area (Å²) in [5, 5.41) is 9.28. The molecule has 10 heteroatoms. The summed E-state index contributed by atoms with van der Waals surface area (Å²) in [5.74, 6) is -0.864. The summed E-state index contributed by atoms with van der Waals surface area (Å²) in [6.45, 7) is 0. The summed E-state index contributed by atoms with van der Waals surface area (Å²) < 4.78 is 69.4. The molecule has 0 saturated heterocycles. The van der Waals surface area contributed by atoms with E-state index in [1.165, 1.54) is 24.3 Å². The zero-order valence-electron chi connectivity index (χ0n) is 14.0. The number of rotatable bonds is 6. The SMILES string of the molecule is COC(=O)C(Cc1ccc(O)cc1)NS(=O)(=O)c1ccc(C(F)(F)F)cc1. The maximum absolute atomic E-state index is 12.6. The Balaban J connectivity index is 2.24. The van der Waals surface area contributed by atoms with Gasteiger partial charge < -0.3 is 9.84 Å². The predicted molar refractivity (Wildman–Crippen MR) is 89.4 cm³/mol. The van der Waals surface area contributed by atoms with E-state index in [1.54, 1.807) is 0 Å². The molecule has 0 aliphatic rings. The van der Waals surface area contributed by atoms with Crippen LogP contribution in [0.3, 0.4) is 0 Å². The molecule has 1 atom stereocenters. The van der Waals surface area contributed by atoms with Crippen LogP contribution in [0.5, 0.6) is 5.75 Å². The van der Waals surface area contributed by atoms with Crippen LogP contribution < -0.4 is 4.72 Å². The van der Waals surface area contributed by atoms with Crippen LogP contribution in [0.25, 0.3) is 0 Å². The lowest BCUT2D eigenvalue weighted by Crippen LogP contribution is -2.43. The summed E-state index contributed by atoms with van der Waals surface area (Å²) in [5.41, 5.74) is -0.451. The van der Waals surface area contributed by atoms with Gasteiger partial charge in [0, 0.05) is 0 Å². The lowest BCUT2D eigenvalue weighted by molar-refractivity contribution is -0.142. The molecule has 0 heterocycles. The van der Waals surface area contributed by atoms with E-state index in [4.69, 9.17) is 0 Å². The molecule has 1 unspecified atom stereocenters. The molecule has 0 aliphatic heterocycles. The quantitative estimate of drug-likeness (QED) is 0.723. The van der Waals surface area contributed by atoms with Crippen molar-refractivity contribution in [1.82, 2.24) is 4.72 Å². The number of ether oxygens (including phenoxy) is 1. The zero-order chi connectivity index (χ0) is 20.2. The van der Waals surface area contributed by atoms with E-state index in [0.717, 1.165) is 19.2 Å². The minimum absolute atomic E-state index is 0.00120. The van der Waals surface area contributed by atoms with Crippen LogP contribution in [0.1, 0.15) is 11.1 Å². The third-order valence-electron chi connectivity index (χ3n) is 3.65. The van der Waals surface area contributed by atoms with Crippen molar-refractivity contribution in [2.24, 2.45) is 0 Å². The second-order valence-corrected chi connectivity index (χ2v) is 7.30. The second kappa shape index (κ2) is 7.97. The molecular formula is C17H16F3NO5S. The van der Waals surface area contributed by atoms with Crippen molar-refractivity contribution in [2.45, 2.75) is 23.5 Å². The zero-order valence-corrected chi connectivity index (χ0v) is 14.8. The van der Waals surface area contributed by atoms with Crippen molar-refractivity contribution < 1.29 is 36.2 Å². The average Bonchev–Trinajstić information content (AvgIpc) is 2.61. The third-order valence-corrected chi connectivity index (χ3v) is 5.14. The van der Waals surface area contributed by atoms with Gasteiger partial charge in [-0.15, -0.1) is 0 Å². The standard InChI is InChI=1S/C17H16F3NO5S/c1-26-16(23)15(10-11-2-6-13(22)7-3-11)21-27(24,25)14-8-4-12(5-9-14)17(18,19)20/h2-9,15,21-22H,10H2,1H3. The van der Waals surface area contributed by atoms with Crippen LogP contribution in [-0.2, 0) is 32.2 Å². The molecule has 2 aromatic rings. The smallest absolute Gasteiger partial charge is 0.416 e. The van der Waals surface area contributed by atoms with Gasteiger partial charge in [-0.2, -0.15) is 17.9 Å². The number of carbonyl (C=O) groups is 1. The number of halogens is 3. The molecule has 146 valence electrons. The van der Waals surface area contributed by atoms with E-state index in [9.17, 15) is 31.5 Å². The fraction of sp³-hybridized carbons (Fsp3) is 0.235. The van der Waals surface area contributed by atoms with Crippen LogP contribution in [0, 0.1) is 0 Å². The number of hydrogen-bond acceptors (Lipinski definition) is 5. The van der Waals surface area contributed by atoms with E-state index in [0.29, 0.717) is 17.7 Å². The van der Waals surface area contributed by atoms with Gasteiger partial charge in [-0.3, -0.25) is 4.79 Å². The van der Waals surface area contributed by atoms with Crippen molar-refractivity contribution in [3.8, 4) is 5.75 Å². The summed E-state index contributed by atoms with van der Waals surface area (Å²) in [4.78, 5) is 11.5. The number of aromatic hydroxyl groups is 1. The minimum atomic E-state index is -4.59. The Labute approximate surface area is 153 Å². The van der Waals surface area contributed by atoms with Crippen molar-refractivity contribution in [3.63, 3.8) is 0 Å². The average molecular weight is 403 g/mol. The first-order valence-electron chi connectivity index (χ1n) is 7.58. The summed E-state index contributed by atoms with van der Waals surface area (Å²) in [6.07, 6.45) is -4.67. The first-order valence-corrected chi connectivity index (χ1v) is 9.06. The van der Waals surface area contributed by atoms with Gasteiger partial charge in [0.15, 0.2) is 0 Å². The number of sulfonamides is 1. The van der Waals surface area contributed by atoms with Gasteiger partial charge in [-0.1, -0.05) is 12.1 Å². The van der Waals surface area contributed by atoms with E-state index in [-0.39, 0.29) is 12.2 Å². The first kappa shape index (κ1) is 20.7. The molecule has 0 radical (unpaired) electrons. The molecule has 2 rings (SSSR count). The van der Waals surface area contributed by atoms with Crippen LogP contribution in [-0.4, -0.2) is 32.6 Å². The number of benzene rings is 2. The predicted octanol–water partition coefficient (Wildman–Crippen LogP) is 2.47. The highest BCUT2D eigenvalue weighted by atomic mass is 32.2. The van der Waals surface area contributed by atoms with E-state index < -0.39 is 38.7 Å². The van der Waals surface area contributed by atoms with E-state index >= 15 is 0 Å². The monoisotopic (exact) mass is 403 g/mol. The number of phenols is 1. The van der Waals surface area contributed by atoms with E-state index in [2.05, 4.69) is 9.46 Å². The van der Waals surface area contributed by atoms with Crippen molar-refractivity contribution in [1.29, 1.82) is 0 Å². The van der Waals surface area contributed by atoms with Gasteiger partial charge in [0.1, 0.15) is 11.8 Å². The Morgan fingerprint density at radius 1 is 1.11 bits per heavy atom. The molecule has 0 fully saturated rings. The highest BCUT2D eigenvalue weighted by Gasteiger charge is 2.31. The van der Waals surface area contributed by atoms with Crippen molar-refractivity contribution in [3.05, 3.63) is 59.7 Å². The normalized spacial score (nSPS) is 13.2. The number of hydrogen-bond donors (Lipinski definition) is 2. The maximum atomic E-state index is 12.6. The van der Waals surface area contributed by atoms with Gasteiger partial charge in [-0.05, 0) is 48.4 Å². The molecule has 2 N–H and O–H groups in total. The number of methoxy groups -OCH3 is 1. The number of phenolic OH excluding ortho intramolecular Hbond substituents is 1. The van der Waals surface area contributed by atoms with Gasteiger partial charge >= 0.3 is 12.1 Å². The van der Waals surface area contributed by atoms with Crippen LogP contribution in [0.15, 0.2) is 53.4 Å². The molecule has 27 heavy (non-hydrogen) atoms. The number of carbonyl (C=O) groups excluding carboxylic acids is 1. The lowest BCUT2D eigenvalue weighted by atomic mass is 10.1. The largest absolute Gasteiger partial charge is 0.508 e. The Morgan fingerprint density at radius 2 is 1.67 bits per heavy atom. The van der Waals surface area contributed by atoms with Gasteiger partial charge in [0.2, 0.25) is 10.0 Å². The number of esters is 1. The van der Waals surface area contributed by atoms with Crippen LogP contribution in [0.2, 0.25) is 0 Å². The summed E-state index contributed by atoms with van der Waals surface area (Å²) >= 11 is 0. The third kappa shape index (κ3) is 5.44. The molecular weight excluding hydrogens is 387 g/mol. The molecule has 0 bridgehead atoms. The number of nitrogens with one attached hydrogen (secondary N) is 1. The molecule has 2 aromatic carbocycles. The Hall–Kier alpha value is -2.59. The second-order valence-electron chi connectivity index (χ2n) is 5.59. The van der Waals surface area contributed by atoms with Crippen molar-refractivity contribution >= 4 is 16.0 Å². The van der Waals surface area contributed by atoms with Gasteiger partial charge in [0.05, 0.1) is 17.6 Å². The summed E-state index contributed by atoms with van der Waals surface area (Å²) in [6, 6.07) is 7.33. The summed E-state index contributed by atoms with van der Waals surface area (Å²) in [7, 11) is -3.19. The fourth-order valence-electron chi connectivity index (χ4n) is 2.26. The molecule has 6 nitrogen and oxygen atoms in total. The Kier molecular flexibility index (Phi) is 6.11. The fourth-order valence-corrected chi connectivity index (χ4v) is 3.45. The molecule has 0 spiro atoms. The number of alkyl halides is 3. The molecule has 0 aromatic heterocycles. The topological polar surface area (TPSA) is 92.7 Å². The molecule has 0 aliphatic carbocycles. The Bertz CT molecular complexity index is 894. The minimum Gasteiger partial charge on any atom is -0.508 e. The highest BCUT2D eigenvalue weighted by molar-refractivity contribution is 7.89. The van der Waals surface area contributed by atoms with Gasteiger partial charge in [-0.25, -0.2) is 8.42 Å². The van der Waals surface area contributed by atoms with Crippen molar-refractivity contribution in [2.75, 3.05) is 7.11 Å². The van der Waals surface area contributed by atoms with Crippen LogP contribution >= 0.6 is 0 Å². The van der Waals surface area contributed by atoms with Crippen LogP contribution in [0.4, 0.5) is 13.2 Å². The Morgan fingerprint density at radius 3 is 2.15 bits per heavy atom. The lowest BCUT2D eigenvalue weighted by Gasteiger charge is -2.17. The molecule has 0 amide bonds.